The molecule has 0 saturated carbocycles. The third kappa shape index (κ3) is 8.45. The van der Waals surface area contributed by atoms with Crippen molar-refractivity contribution in [3.63, 3.8) is 0 Å². The second kappa shape index (κ2) is 14.6. The number of aromatic hydroxyl groups is 1. The van der Waals surface area contributed by atoms with Crippen LogP contribution in [0.2, 0.25) is 5.15 Å². The molecule has 0 spiro atoms. The fourth-order valence-corrected chi connectivity index (χ4v) is 4.78. The van der Waals surface area contributed by atoms with Crippen molar-refractivity contribution in [2.45, 2.75) is 38.8 Å². The molecule has 194 valence electrons. The third-order valence-electron chi connectivity index (χ3n) is 6.38. The number of fused-ring (bicyclic) bond motifs is 2. The molecule has 3 N–H and O–H groups in total. The van der Waals surface area contributed by atoms with Crippen LogP contribution < -0.4 is 5.32 Å². The molecule has 1 aliphatic heterocycles. The van der Waals surface area contributed by atoms with E-state index in [1.54, 1.807) is 18.2 Å². The monoisotopic (exact) mass is 517 g/mol. The number of pyridine rings is 1. The Morgan fingerprint density at radius 2 is 1.70 bits per heavy atom. The molecule has 37 heavy (non-hydrogen) atoms. The fraction of sp³-hybridized carbons (Fsp3) is 0.323. The minimum Gasteiger partial charge on any atom is -0.508 e. The van der Waals surface area contributed by atoms with Crippen molar-refractivity contribution in [1.29, 1.82) is 0 Å². The Hall–Kier alpha value is -3.14. The minimum atomic E-state index is 0.196. The topological polar surface area (TPSA) is 68.6 Å². The van der Waals surface area contributed by atoms with Gasteiger partial charge in [0, 0.05) is 30.1 Å². The number of aliphatic hydroxyl groups excluding tert-OH is 1. The van der Waals surface area contributed by atoms with Crippen molar-refractivity contribution in [3.05, 3.63) is 83.0 Å². The molecule has 3 aromatic carbocycles. The smallest absolute Gasteiger partial charge is 0.134 e. The first-order valence-electron chi connectivity index (χ1n) is 12.7. The molecule has 1 atom stereocenters. The van der Waals surface area contributed by atoms with Gasteiger partial charge in [0.05, 0.1) is 12.1 Å². The van der Waals surface area contributed by atoms with Crippen LogP contribution in [0.3, 0.4) is 0 Å². The Morgan fingerprint density at radius 1 is 0.973 bits per heavy atom. The summed E-state index contributed by atoms with van der Waals surface area (Å²) in [6.07, 6.45) is 11.5. The van der Waals surface area contributed by atoms with Crippen molar-refractivity contribution in [2.24, 2.45) is 0 Å². The van der Waals surface area contributed by atoms with Crippen LogP contribution in [0, 0.1) is 12.8 Å². The van der Waals surface area contributed by atoms with E-state index in [-0.39, 0.29) is 12.4 Å². The number of terminal acetylenes is 1. The zero-order chi connectivity index (χ0) is 26.6. The van der Waals surface area contributed by atoms with Gasteiger partial charge in [0.2, 0.25) is 0 Å². The quantitative estimate of drug-likeness (QED) is 0.214. The molecule has 0 amide bonds. The highest BCUT2D eigenvalue weighted by atomic mass is 35.5. The number of nitrogens with zero attached hydrogens (tertiary/aromatic N) is 2. The number of hydrogen-bond acceptors (Lipinski definition) is 5. The van der Waals surface area contributed by atoms with Crippen LogP contribution in [0.25, 0.3) is 21.7 Å². The van der Waals surface area contributed by atoms with E-state index in [2.05, 4.69) is 77.4 Å². The van der Waals surface area contributed by atoms with Crippen LogP contribution in [0.5, 0.6) is 5.75 Å². The maximum Gasteiger partial charge on any atom is 0.134 e. The minimum absolute atomic E-state index is 0.196. The molecular weight excluding hydrogens is 482 g/mol. The second-order valence-corrected chi connectivity index (χ2v) is 9.62. The van der Waals surface area contributed by atoms with Crippen LogP contribution in [-0.2, 0) is 13.0 Å². The molecule has 1 unspecified atom stereocenters. The number of phenolic OH excluding ortho intramolecular Hbond substituents is 1. The zero-order valence-corrected chi connectivity index (χ0v) is 22.2. The predicted octanol–water partition coefficient (Wildman–Crippen LogP) is 5.79. The molecular formula is C31H36ClN3O2. The predicted molar refractivity (Wildman–Crippen MR) is 155 cm³/mol. The van der Waals surface area contributed by atoms with Gasteiger partial charge in [-0.1, -0.05) is 54.1 Å². The Bertz CT molecular complexity index is 1300. The van der Waals surface area contributed by atoms with E-state index in [4.69, 9.17) is 16.7 Å². The molecule has 0 aliphatic carbocycles. The molecule has 2 heterocycles. The molecule has 1 saturated heterocycles. The van der Waals surface area contributed by atoms with Gasteiger partial charge in [-0.2, -0.15) is 0 Å². The highest BCUT2D eigenvalue weighted by Gasteiger charge is 2.14. The largest absolute Gasteiger partial charge is 0.508 e. The lowest BCUT2D eigenvalue weighted by molar-refractivity contribution is 0.285. The van der Waals surface area contributed by atoms with Gasteiger partial charge in [0.15, 0.2) is 0 Å². The highest BCUT2D eigenvalue weighted by Crippen LogP contribution is 2.25. The Morgan fingerprint density at radius 3 is 2.43 bits per heavy atom. The van der Waals surface area contributed by atoms with E-state index in [0.717, 1.165) is 42.5 Å². The van der Waals surface area contributed by atoms with E-state index >= 15 is 0 Å². The lowest BCUT2D eigenvalue weighted by atomic mass is 10.0. The molecule has 1 aromatic heterocycles. The fourth-order valence-electron chi connectivity index (χ4n) is 4.58. The maximum atomic E-state index is 9.50. The summed E-state index contributed by atoms with van der Waals surface area (Å²) in [7, 11) is 0. The summed E-state index contributed by atoms with van der Waals surface area (Å²) in [6.45, 7) is 6.11. The molecule has 6 heteroatoms. The number of nitrogens with one attached hydrogen (secondary N) is 1. The van der Waals surface area contributed by atoms with Crippen LogP contribution in [0.15, 0.2) is 66.7 Å². The van der Waals surface area contributed by atoms with Crippen LogP contribution in [0.4, 0.5) is 0 Å². The third-order valence-corrected chi connectivity index (χ3v) is 6.70. The molecule has 4 aromatic rings. The normalized spacial score (nSPS) is 14.0. The summed E-state index contributed by atoms with van der Waals surface area (Å²) < 4.78 is 0. The van der Waals surface area contributed by atoms with Crippen molar-refractivity contribution < 1.29 is 10.2 Å². The lowest BCUT2D eigenvalue weighted by Crippen LogP contribution is -2.30. The summed E-state index contributed by atoms with van der Waals surface area (Å²) in [6, 6.07) is 22.6. The Kier molecular flexibility index (Phi) is 11.2. The van der Waals surface area contributed by atoms with E-state index in [1.807, 2.05) is 6.07 Å². The summed E-state index contributed by atoms with van der Waals surface area (Å²) in [5.74, 6) is 0.263. The van der Waals surface area contributed by atoms with Gasteiger partial charge >= 0.3 is 0 Å². The molecule has 5 rings (SSSR count). The van der Waals surface area contributed by atoms with Gasteiger partial charge in [0.1, 0.15) is 10.9 Å². The van der Waals surface area contributed by atoms with Crippen LogP contribution >= 0.6 is 11.6 Å². The Balaban J connectivity index is 0.000000193. The SMILES string of the molecule is C#C.CC(Cc1ccc2ccccc2c1)NCCO.Oc1ccc2nc(Cl)c(CN3CCCC3)cc2c1. The first-order valence-corrected chi connectivity index (χ1v) is 13.1. The van der Waals surface area contributed by atoms with E-state index < -0.39 is 0 Å². The van der Waals surface area contributed by atoms with Gasteiger partial charge in [-0.3, -0.25) is 4.90 Å². The van der Waals surface area contributed by atoms with Crippen LogP contribution in [0.1, 0.15) is 30.9 Å². The van der Waals surface area contributed by atoms with Gasteiger partial charge in [0.25, 0.3) is 0 Å². The van der Waals surface area contributed by atoms with Crippen molar-refractivity contribution in [3.8, 4) is 18.6 Å². The maximum absolute atomic E-state index is 9.50. The van der Waals surface area contributed by atoms with E-state index in [9.17, 15) is 5.11 Å². The van der Waals surface area contributed by atoms with Crippen LogP contribution in [-0.4, -0.2) is 52.4 Å². The summed E-state index contributed by atoms with van der Waals surface area (Å²) in [4.78, 5) is 6.77. The number of likely N-dealkylation sites (tertiary alicyclic amines) is 1. The molecule has 5 nitrogen and oxygen atoms in total. The number of aromatic nitrogens is 1. The number of halogens is 1. The van der Waals surface area contributed by atoms with Gasteiger partial charge in [-0.15, -0.1) is 12.8 Å². The number of aliphatic hydroxyl groups is 1. The second-order valence-electron chi connectivity index (χ2n) is 9.26. The standard InChI is InChI=1S/C15H19NO.C14H15ClN2O.C2H2/c1-12(16-8-9-17)10-13-6-7-14-4-2-3-5-15(14)11-13;15-14-11(9-17-5-1-2-6-17)7-10-8-12(18)3-4-13(10)16-14;1-2/h2-7,11-12,16-17H,8-10H2,1H3;3-4,7-8,18H,1-2,5-6,9H2;1-2H. The van der Waals surface area contributed by atoms with Gasteiger partial charge in [-0.05, 0) is 79.9 Å². The highest BCUT2D eigenvalue weighted by molar-refractivity contribution is 6.30. The number of rotatable bonds is 7. The summed E-state index contributed by atoms with van der Waals surface area (Å²) >= 11 is 6.22. The molecule has 1 aliphatic rings. The molecule has 1 fully saturated rings. The average molecular weight is 518 g/mol. The van der Waals surface area contributed by atoms with Crippen molar-refractivity contribution >= 4 is 33.3 Å². The van der Waals surface area contributed by atoms with Gasteiger partial charge in [-0.25, -0.2) is 4.98 Å². The van der Waals surface area contributed by atoms with Crippen molar-refractivity contribution in [1.82, 2.24) is 15.2 Å². The summed E-state index contributed by atoms with van der Waals surface area (Å²) in [5.41, 5.74) is 3.20. The van der Waals surface area contributed by atoms with Crippen molar-refractivity contribution in [2.75, 3.05) is 26.2 Å². The number of hydrogen-bond donors (Lipinski definition) is 3. The summed E-state index contributed by atoms with van der Waals surface area (Å²) in [5, 5.41) is 25.6. The number of phenols is 1. The lowest BCUT2D eigenvalue weighted by Gasteiger charge is -2.15. The Labute approximate surface area is 225 Å². The molecule has 0 radical (unpaired) electrons. The zero-order valence-electron chi connectivity index (χ0n) is 21.4. The number of benzene rings is 3. The van der Waals surface area contributed by atoms with Gasteiger partial charge < -0.3 is 15.5 Å². The average Bonchev–Trinajstić information content (AvgIpc) is 3.43. The first-order chi connectivity index (χ1) is 18.0. The first kappa shape index (κ1) is 28.4. The van der Waals surface area contributed by atoms with E-state index in [0.29, 0.717) is 17.7 Å². The van der Waals surface area contributed by atoms with E-state index in [1.165, 1.54) is 29.2 Å². The molecule has 0 bridgehead atoms.